The molecule has 0 aromatic heterocycles. The molecule has 0 N–H and O–H groups in total. The van der Waals surface area contributed by atoms with Crippen LogP contribution in [0.5, 0.6) is 0 Å². The lowest BCUT2D eigenvalue weighted by atomic mass is 9.86. The zero-order valence-corrected chi connectivity index (χ0v) is 19.1. The fourth-order valence-corrected chi connectivity index (χ4v) is 5.10. The molecule has 0 radical (unpaired) electrons. The number of esters is 1. The second-order valence-electron chi connectivity index (χ2n) is 8.45. The van der Waals surface area contributed by atoms with E-state index >= 15 is 0 Å². The van der Waals surface area contributed by atoms with Gasteiger partial charge in [-0.1, -0.05) is 91.0 Å². The third-order valence-corrected chi connectivity index (χ3v) is 6.56. The Hall–Kier alpha value is -4.64. The highest BCUT2D eigenvalue weighted by atomic mass is 16.5. The van der Waals surface area contributed by atoms with Gasteiger partial charge in [-0.25, -0.2) is 9.80 Å². The van der Waals surface area contributed by atoms with E-state index in [0.29, 0.717) is 16.8 Å². The maximum absolute atomic E-state index is 14.2. The van der Waals surface area contributed by atoms with Gasteiger partial charge in [0.2, 0.25) is 0 Å². The number of methoxy groups -OCH3 is 1. The first-order chi connectivity index (χ1) is 17.2. The Balaban J connectivity index is 1.70. The highest BCUT2D eigenvalue weighted by Gasteiger charge is 2.50. The number of rotatable bonds is 3. The molecule has 0 spiro atoms. The average molecular weight is 459 g/mol. The van der Waals surface area contributed by atoms with Crippen molar-refractivity contribution in [1.29, 1.82) is 0 Å². The van der Waals surface area contributed by atoms with Gasteiger partial charge in [-0.05, 0) is 29.3 Å². The van der Waals surface area contributed by atoms with E-state index in [1.807, 2.05) is 96.0 Å². The van der Waals surface area contributed by atoms with Crippen molar-refractivity contribution in [2.45, 2.75) is 6.04 Å². The number of nitrogens with zero attached hydrogens (tertiary/aromatic N) is 2. The lowest BCUT2D eigenvalue weighted by molar-refractivity contribution is -0.136. The molecule has 0 bridgehead atoms. The van der Waals surface area contributed by atoms with Gasteiger partial charge in [0, 0.05) is 16.7 Å². The third kappa shape index (κ3) is 3.16. The van der Waals surface area contributed by atoms with Crippen molar-refractivity contribution < 1.29 is 14.3 Å². The molecule has 6 rings (SSSR count). The molecule has 4 aromatic carbocycles. The van der Waals surface area contributed by atoms with Crippen LogP contribution < -0.4 is 5.01 Å². The molecule has 5 heteroatoms. The molecule has 1 amide bonds. The van der Waals surface area contributed by atoms with Crippen LogP contribution in [0.2, 0.25) is 0 Å². The largest absolute Gasteiger partial charge is 0.466 e. The van der Waals surface area contributed by atoms with Crippen LogP contribution in [-0.2, 0) is 9.53 Å². The van der Waals surface area contributed by atoms with Crippen LogP contribution in [0.15, 0.2) is 115 Å². The Morgan fingerprint density at radius 2 is 1.31 bits per heavy atom. The molecule has 2 aliphatic rings. The van der Waals surface area contributed by atoms with Crippen LogP contribution in [0, 0.1) is 0 Å². The lowest BCUT2D eigenvalue weighted by Gasteiger charge is -2.40. The van der Waals surface area contributed by atoms with Crippen molar-refractivity contribution >= 4 is 23.3 Å². The molecular weight excluding hydrogens is 436 g/mol. The molecule has 0 fully saturated rings. The van der Waals surface area contributed by atoms with E-state index < -0.39 is 12.0 Å². The van der Waals surface area contributed by atoms with Gasteiger partial charge in [-0.15, -0.1) is 0 Å². The number of hydrogen-bond donors (Lipinski definition) is 0. The SMILES string of the molecule is COC(=O)C1=C(c2ccccc2)N(C(=O)c2ccccc2)N2c3ccccc3-c3ccccc3C12. The van der Waals surface area contributed by atoms with Gasteiger partial charge < -0.3 is 4.74 Å². The summed E-state index contributed by atoms with van der Waals surface area (Å²) in [7, 11) is 1.38. The maximum atomic E-state index is 14.2. The molecule has 1 atom stereocenters. The minimum Gasteiger partial charge on any atom is -0.466 e. The predicted octanol–water partition coefficient (Wildman–Crippen LogP) is 5.87. The van der Waals surface area contributed by atoms with Crippen LogP contribution >= 0.6 is 0 Å². The highest BCUT2D eigenvalue weighted by Crippen LogP contribution is 2.54. The summed E-state index contributed by atoms with van der Waals surface area (Å²) >= 11 is 0. The Morgan fingerprint density at radius 1 is 0.714 bits per heavy atom. The summed E-state index contributed by atoms with van der Waals surface area (Å²) < 4.78 is 5.31. The van der Waals surface area contributed by atoms with E-state index in [-0.39, 0.29) is 5.91 Å². The van der Waals surface area contributed by atoms with Gasteiger partial charge in [0.05, 0.1) is 24.1 Å². The van der Waals surface area contributed by atoms with Gasteiger partial charge in [0.25, 0.3) is 5.91 Å². The average Bonchev–Trinajstić information content (AvgIpc) is 3.30. The van der Waals surface area contributed by atoms with E-state index in [1.54, 1.807) is 17.1 Å². The second kappa shape index (κ2) is 8.29. The Bertz CT molecular complexity index is 1480. The van der Waals surface area contributed by atoms with Gasteiger partial charge in [0.15, 0.2) is 0 Å². The number of amides is 1. The molecule has 0 saturated heterocycles. The summed E-state index contributed by atoms with van der Waals surface area (Å²) in [5, 5.41) is 3.60. The van der Waals surface area contributed by atoms with Crippen LogP contribution in [-0.4, -0.2) is 24.0 Å². The molecule has 2 heterocycles. The fraction of sp³-hybridized carbons (Fsp3) is 0.0667. The van der Waals surface area contributed by atoms with Crippen LogP contribution in [0.4, 0.5) is 5.69 Å². The summed E-state index contributed by atoms with van der Waals surface area (Å²) in [6, 6.07) is 34.2. The minimum atomic E-state index is -0.517. The predicted molar refractivity (Wildman–Crippen MR) is 135 cm³/mol. The first-order valence-corrected chi connectivity index (χ1v) is 11.5. The number of benzene rings is 4. The zero-order chi connectivity index (χ0) is 23.9. The molecule has 170 valence electrons. The van der Waals surface area contributed by atoms with Crippen molar-refractivity contribution in [2.24, 2.45) is 0 Å². The van der Waals surface area contributed by atoms with Crippen molar-refractivity contribution in [1.82, 2.24) is 5.01 Å². The Kier molecular flexibility index (Phi) is 4.96. The summed E-state index contributed by atoms with van der Waals surface area (Å²) in [6.07, 6.45) is 0. The quantitative estimate of drug-likeness (QED) is 0.360. The van der Waals surface area contributed by atoms with E-state index in [9.17, 15) is 9.59 Å². The van der Waals surface area contributed by atoms with Gasteiger partial charge in [0.1, 0.15) is 6.04 Å². The van der Waals surface area contributed by atoms with Gasteiger partial charge in [-0.3, -0.25) is 9.80 Å². The topological polar surface area (TPSA) is 49.9 Å². The molecule has 35 heavy (non-hydrogen) atoms. The summed E-state index contributed by atoms with van der Waals surface area (Å²) in [5.41, 5.74) is 6.10. The molecule has 4 aromatic rings. The van der Waals surface area contributed by atoms with Crippen LogP contribution in [0.25, 0.3) is 16.8 Å². The number of ether oxygens (including phenoxy) is 1. The van der Waals surface area contributed by atoms with Crippen molar-refractivity contribution in [3.63, 3.8) is 0 Å². The van der Waals surface area contributed by atoms with Crippen molar-refractivity contribution in [2.75, 3.05) is 12.1 Å². The zero-order valence-electron chi connectivity index (χ0n) is 19.1. The number of hydrogen-bond acceptors (Lipinski definition) is 4. The number of carbonyl (C=O) groups is 2. The molecule has 2 aliphatic heterocycles. The number of para-hydroxylation sites is 1. The molecule has 0 saturated carbocycles. The third-order valence-electron chi connectivity index (χ3n) is 6.56. The lowest BCUT2D eigenvalue weighted by Crippen LogP contribution is -2.44. The van der Waals surface area contributed by atoms with E-state index in [0.717, 1.165) is 27.9 Å². The van der Waals surface area contributed by atoms with E-state index in [2.05, 4.69) is 6.07 Å². The number of anilines is 1. The normalized spacial score (nSPS) is 15.9. The Morgan fingerprint density at radius 3 is 2.03 bits per heavy atom. The fourth-order valence-electron chi connectivity index (χ4n) is 5.10. The van der Waals surface area contributed by atoms with Crippen LogP contribution in [0.3, 0.4) is 0 Å². The number of carbonyl (C=O) groups excluding carboxylic acids is 2. The molecule has 0 aliphatic carbocycles. The number of hydrazine groups is 1. The summed E-state index contributed by atoms with van der Waals surface area (Å²) in [4.78, 5) is 27.6. The van der Waals surface area contributed by atoms with E-state index in [1.165, 1.54) is 7.11 Å². The van der Waals surface area contributed by atoms with E-state index in [4.69, 9.17) is 4.74 Å². The van der Waals surface area contributed by atoms with Crippen molar-refractivity contribution in [3.05, 3.63) is 131 Å². The standard InChI is InChI=1S/C30H22N2O3/c1-35-30(34)26-27(20-12-4-2-5-13-20)32(29(33)21-14-6-3-7-15-21)31-25-19-11-10-17-23(25)22-16-8-9-18-24(22)28(26)31/h2-19,28H,1H3. The van der Waals surface area contributed by atoms with Gasteiger partial charge >= 0.3 is 5.97 Å². The number of fused-ring (bicyclic) bond motifs is 6. The summed E-state index contributed by atoms with van der Waals surface area (Å²) in [5.74, 6) is -0.682. The smallest absolute Gasteiger partial charge is 0.338 e. The molecule has 5 nitrogen and oxygen atoms in total. The highest BCUT2D eigenvalue weighted by molar-refractivity contribution is 6.11. The summed E-state index contributed by atoms with van der Waals surface area (Å²) in [6.45, 7) is 0. The second-order valence-corrected chi connectivity index (χ2v) is 8.45. The Labute approximate surface area is 203 Å². The first kappa shape index (κ1) is 20.9. The first-order valence-electron chi connectivity index (χ1n) is 11.5. The molecular formula is C30H22N2O3. The monoisotopic (exact) mass is 458 g/mol. The van der Waals surface area contributed by atoms with Crippen LogP contribution in [0.1, 0.15) is 27.5 Å². The van der Waals surface area contributed by atoms with Crippen molar-refractivity contribution in [3.8, 4) is 11.1 Å². The maximum Gasteiger partial charge on any atom is 0.338 e. The minimum absolute atomic E-state index is 0.220. The molecule has 1 unspecified atom stereocenters. The van der Waals surface area contributed by atoms with Gasteiger partial charge in [-0.2, -0.15) is 0 Å².